The highest BCUT2D eigenvalue weighted by Gasteiger charge is 2.34. The average Bonchev–Trinajstić information content (AvgIpc) is 3.38. The molecule has 0 aliphatic carbocycles. The number of alkyl halides is 6. The van der Waals surface area contributed by atoms with Crippen LogP contribution in [0.25, 0.3) is 17.1 Å². The summed E-state index contributed by atoms with van der Waals surface area (Å²) in [5, 5.41) is 8.01. The highest BCUT2D eigenvalue weighted by atomic mass is 19.4. The lowest BCUT2D eigenvalue weighted by Gasteiger charge is -2.08. The molecule has 2 aromatic heterocycles. The lowest BCUT2D eigenvalue weighted by atomic mass is 10.0. The largest absolute Gasteiger partial charge is 0.432 e. The Kier molecular flexibility index (Phi) is 5.84. The van der Waals surface area contributed by atoms with Gasteiger partial charge in [0.15, 0.2) is 5.82 Å². The van der Waals surface area contributed by atoms with E-state index < -0.39 is 35.0 Å². The van der Waals surface area contributed by atoms with E-state index in [9.17, 15) is 35.5 Å². The van der Waals surface area contributed by atoms with Gasteiger partial charge in [0.05, 0.1) is 11.3 Å². The fourth-order valence-corrected chi connectivity index (χ4v) is 3.42. The summed E-state index contributed by atoms with van der Waals surface area (Å²) < 4.78 is 91.6. The molecular formula is C22H15F7N4O. The number of hydrogen-bond acceptors (Lipinski definition) is 2. The predicted octanol–water partition coefficient (Wildman–Crippen LogP) is 5.52. The van der Waals surface area contributed by atoms with Crippen LogP contribution in [0.2, 0.25) is 0 Å². The number of aryl methyl sites for hydroxylation is 1. The minimum Gasteiger partial charge on any atom is -0.289 e. The van der Waals surface area contributed by atoms with Gasteiger partial charge in [-0.05, 0) is 48.2 Å². The van der Waals surface area contributed by atoms with Crippen LogP contribution in [0.1, 0.15) is 22.4 Å². The Morgan fingerprint density at radius 3 is 2.06 bits per heavy atom. The Labute approximate surface area is 186 Å². The van der Waals surface area contributed by atoms with E-state index >= 15 is 0 Å². The molecule has 0 bridgehead atoms. The normalized spacial score (nSPS) is 12.3. The van der Waals surface area contributed by atoms with E-state index in [2.05, 4.69) is 10.2 Å². The van der Waals surface area contributed by atoms with Crippen molar-refractivity contribution in [3.05, 3.63) is 93.2 Å². The molecule has 5 nitrogen and oxygen atoms in total. The Bertz CT molecular complexity index is 1340. The van der Waals surface area contributed by atoms with Gasteiger partial charge in [-0.1, -0.05) is 24.3 Å². The predicted molar refractivity (Wildman–Crippen MR) is 108 cm³/mol. The second-order valence-electron chi connectivity index (χ2n) is 7.45. The van der Waals surface area contributed by atoms with Crippen molar-refractivity contribution in [2.45, 2.75) is 25.2 Å². The fraction of sp³-hybridized carbons (Fsp3) is 0.182. The number of halogens is 7. The summed E-state index contributed by atoms with van der Waals surface area (Å²) in [6.45, 7) is 0. The number of H-pyrrole nitrogens is 2. The van der Waals surface area contributed by atoms with Gasteiger partial charge in [0.25, 0.3) is 5.56 Å². The molecule has 0 aliphatic heterocycles. The van der Waals surface area contributed by atoms with Crippen LogP contribution < -0.4 is 5.56 Å². The van der Waals surface area contributed by atoms with Crippen LogP contribution in [0.3, 0.4) is 0 Å². The molecule has 4 rings (SSSR count). The van der Waals surface area contributed by atoms with Crippen molar-refractivity contribution in [2.75, 3.05) is 0 Å². The second-order valence-corrected chi connectivity index (χ2v) is 7.45. The molecule has 0 fully saturated rings. The summed E-state index contributed by atoms with van der Waals surface area (Å²) in [7, 11) is 0. The van der Waals surface area contributed by atoms with E-state index in [4.69, 9.17) is 0 Å². The van der Waals surface area contributed by atoms with Crippen molar-refractivity contribution in [2.24, 2.45) is 0 Å². The Morgan fingerprint density at radius 2 is 1.50 bits per heavy atom. The van der Waals surface area contributed by atoms with E-state index in [0.717, 1.165) is 28.9 Å². The number of benzene rings is 2. The molecule has 0 saturated carbocycles. The third-order valence-corrected chi connectivity index (χ3v) is 5.16. The molecule has 2 heterocycles. The average molecular weight is 484 g/mol. The van der Waals surface area contributed by atoms with Gasteiger partial charge in [-0.3, -0.25) is 15.0 Å². The molecular weight excluding hydrogens is 469 g/mol. The maximum atomic E-state index is 13.2. The zero-order chi connectivity index (χ0) is 24.7. The summed E-state index contributed by atoms with van der Waals surface area (Å²) >= 11 is 0. The summed E-state index contributed by atoms with van der Waals surface area (Å²) in [5.41, 5.74) is -1.60. The van der Waals surface area contributed by atoms with Crippen LogP contribution in [-0.4, -0.2) is 20.0 Å². The monoisotopic (exact) mass is 484 g/mol. The lowest BCUT2D eigenvalue weighted by molar-refractivity contribution is -0.141. The molecule has 2 aromatic carbocycles. The van der Waals surface area contributed by atoms with Crippen molar-refractivity contribution in [3.63, 3.8) is 0 Å². The summed E-state index contributed by atoms with van der Waals surface area (Å²) in [4.78, 5) is 13.1. The van der Waals surface area contributed by atoms with Gasteiger partial charge < -0.3 is 0 Å². The minimum atomic E-state index is -4.72. The van der Waals surface area contributed by atoms with Crippen LogP contribution >= 0.6 is 0 Å². The number of rotatable bonds is 5. The molecule has 34 heavy (non-hydrogen) atoms. The van der Waals surface area contributed by atoms with E-state index in [0.29, 0.717) is 11.6 Å². The molecule has 2 N–H and O–H groups in total. The smallest absolute Gasteiger partial charge is 0.289 e. The van der Waals surface area contributed by atoms with Crippen LogP contribution in [0, 0.1) is 5.82 Å². The number of aromatic nitrogens is 4. The van der Waals surface area contributed by atoms with Crippen LogP contribution in [0.5, 0.6) is 0 Å². The van der Waals surface area contributed by atoms with E-state index in [1.54, 1.807) is 0 Å². The highest BCUT2D eigenvalue weighted by Crippen LogP contribution is 2.32. The van der Waals surface area contributed by atoms with E-state index in [1.807, 2.05) is 5.10 Å². The second kappa shape index (κ2) is 8.50. The first kappa shape index (κ1) is 23.3. The van der Waals surface area contributed by atoms with Gasteiger partial charge in [-0.25, -0.2) is 4.39 Å². The third-order valence-electron chi connectivity index (χ3n) is 5.16. The fourth-order valence-electron chi connectivity index (χ4n) is 3.42. The summed E-state index contributed by atoms with van der Waals surface area (Å²) in [6, 6.07) is 10.1. The van der Waals surface area contributed by atoms with E-state index in [-0.39, 0.29) is 35.5 Å². The van der Waals surface area contributed by atoms with Gasteiger partial charge >= 0.3 is 12.4 Å². The number of hydrogen-bond donors (Lipinski definition) is 2. The van der Waals surface area contributed by atoms with Gasteiger partial charge in [-0.15, -0.1) is 0 Å². The number of nitrogens with one attached hydrogen (secondary N) is 2. The SMILES string of the molecule is O=c1c(CCc2ccc(F)cc2)c(-c2ccc(C(F)(F)F)cc2)[nH]n1-c1cc(C(F)(F)F)[nH]n1. The molecule has 0 unspecified atom stereocenters. The summed E-state index contributed by atoms with van der Waals surface area (Å²) in [6.07, 6.45) is -8.92. The first-order valence-electron chi connectivity index (χ1n) is 9.82. The molecule has 4 aromatic rings. The van der Waals surface area contributed by atoms with E-state index in [1.165, 1.54) is 24.3 Å². The van der Waals surface area contributed by atoms with Gasteiger partial charge in [0.2, 0.25) is 0 Å². The first-order valence-corrected chi connectivity index (χ1v) is 9.82. The highest BCUT2D eigenvalue weighted by molar-refractivity contribution is 5.63. The maximum Gasteiger partial charge on any atom is 0.432 e. The molecule has 0 spiro atoms. The van der Waals surface area contributed by atoms with Crippen molar-refractivity contribution in [1.29, 1.82) is 0 Å². The van der Waals surface area contributed by atoms with Crippen molar-refractivity contribution in [1.82, 2.24) is 20.0 Å². The quantitative estimate of drug-likeness (QED) is 0.367. The first-order chi connectivity index (χ1) is 15.9. The molecule has 178 valence electrons. The van der Waals surface area contributed by atoms with Crippen molar-refractivity contribution in [3.8, 4) is 17.1 Å². The van der Waals surface area contributed by atoms with Gasteiger partial charge in [0, 0.05) is 11.6 Å². The topological polar surface area (TPSA) is 66.5 Å². The summed E-state index contributed by atoms with van der Waals surface area (Å²) in [5.74, 6) is -0.810. The molecule has 0 saturated heterocycles. The molecule has 12 heteroatoms. The zero-order valence-corrected chi connectivity index (χ0v) is 17.1. The maximum absolute atomic E-state index is 13.2. The minimum absolute atomic E-state index is 0.0842. The number of nitrogens with zero attached hydrogens (tertiary/aromatic N) is 2. The molecule has 0 aliphatic rings. The third kappa shape index (κ3) is 4.75. The van der Waals surface area contributed by atoms with Gasteiger partial charge in [0.1, 0.15) is 11.5 Å². The zero-order valence-electron chi connectivity index (χ0n) is 17.1. The molecule has 0 atom stereocenters. The van der Waals surface area contributed by atoms with Crippen molar-refractivity contribution >= 4 is 0 Å². The van der Waals surface area contributed by atoms with Crippen molar-refractivity contribution < 1.29 is 30.7 Å². The Balaban J connectivity index is 1.76. The van der Waals surface area contributed by atoms with Gasteiger partial charge in [-0.2, -0.15) is 36.1 Å². The van der Waals surface area contributed by atoms with Crippen LogP contribution in [0.4, 0.5) is 30.7 Å². The Hall–Kier alpha value is -3.83. The molecule has 0 amide bonds. The molecule has 0 radical (unpaired) electrons. The lowest BCUT2D eigenvalue weighted by Crippen LogP contribution is -2.18. The Morgan fingerprint density at radius 1 is 0.853 bits per heavy atom. The van der Waals surface area contributed by atoms with Crippen LogP contribution in [0.15, 0.2) is 59.4 Å². The van der Waals surface area contributed by atoms with Crippen LogP contribution in [-0.2, 0) is 25.2 Å². The standard InChI is InChI=1S/C22H15F7N4O/c23-15-8-1-12(2-9-15)3-10-16-19(13-4-6-14(7-5-13)21(24,25)26)32-33(20(16)34)18-11-17(30-31-18)22(27,28)29/h1-2,4-9,11,32H,3,10H2,(H,30,31). The number of aromatic amines is 2.